The van der Waals surface area contributed by atoms with Gasteiger partial charge in [-0.05, 0) is 36.4 Å². The van der Waals surface area contributed by atoms with Gasteiger partial charge >= 0.3 is 0 Å². The molecule has 0 saturated carbocycles. The fraction of sp³-hybridized carbons (Fsp3) is 0.100. The predicted molar refractivity (Wildman–Crippen MR) is 116 cm³/mol. The van der Waals surface area contributed by atoms with Gasteiger partial charge < -0.3 is 15.8 Å². The van der Waals surface area contributed by atoms with E-state index in [0.29, 0.717) is 35.1 Å². The normalized spacial score (nSPS) is 13.2. The summed E-state index contributed by atoms with van der Waals surface area (Å²) in [6.07, 6.45) is 1.46. The van der Waals surface area contributed by atoms with Crippen molar-refractivity contribution in [1.82, 2.24) is 4.98 Å². The summed E-state index contributed by atoms with van der Waals surface area (Å²) >= 11 is 6.99. The van der Waals surface area contributed by atoms with Crippen LogP contribution in [0.15, 0.2) is 48.0 Å². The smallest absolute Gasteiger partial charge is 0.289 e. The summed E-state index contributed by atoms with van der Waals surface area (Å²) in [5.41, 5.74) is 8.00. The summed E-state index contributed by atoms with van der Waals surface area (Å²) in [6, 6.07) is 10.4. The third kappa shape index (κ3) is 3.85. The van der Waals surface area contributed by atoms with E-state index in [1.54, 1.807) is 46.7 Å². The van der Waals surface area contributed by atoms with E-state index in [-0.39, 0.29) is 16.5 Å². The Balaban J connectivity index is 1.57. The summed E-state index contributed by atoms with van der Waals surface area (Å²) in [5.74, 6) is -1.16. The molecule has 1 aliphatic rings. The van der Waals surface area contributed by atoms with Crippen LogP contribution in [0.2, 0.25) is 5.02 Å². The highest BCUT2D eigenvalue weighted by molar-refractivity contribution is 7.13. The first kappa shape index (κ1) is 19.9. The number of nitrogens with two attached hydrogens (primary N) is 1. The fourth-order valence-electron chi connectivity index (χ4n) is 3.07. The second-order valence-electron chi connectivity index (χ2n) is 6.39. The minimum Gasteiger partial charge on any atom is -0.463 e. The molecule has 4 N–H and O–H groups in total. The minimum atomic E-state index is -0.712. The molecule has 0 radical (unpaired) electrons. The van der Waals surface area contributed by atoms with Crippen LogP contribution in [0.25, 0.3) is 11.3 Å². The molecule has 1 aromatic carbocycles. The molecular weight excluding hydrogens is 426 g/mol. The molecule has 0 spiro atoms. The Bertz CT molecular complexity index is 1130. The number of ether oxygens (including phenoxy) is 1. The van der Waals surface area contributed by atoms with Crippen LogP contribution < -0.4 is 16.0 Å². The first-order valence-electron chi connectivity index (χ1n) is 8.87. The van der Waals surface area contributed by atoms with Gasteiger partial charge in [0.25, 0.3) is 17.8 Å². The Morgan fingerprint density at radius 2 is 2.00 bits per heavy atom. The lowest BCUT2D eigenvalue weighted by Gasteiger charge is -2.15. The van der Waals surface area contributed by atoms with Gasteiger partial charge in [0, 0.05) is 28.5 Å². The van der Waals surface area contributed by atoms with Gasteiger partial charge in [0.15, 0.2) is 0 Å². The van der Waals surface area contributed by atoms with Crippen LogP contribution in [0.3, 0.4) is 0 Å². The molecular formula is C20H16ClN5O3S. The lowest BCUT2D eigenvalue weighted by Crippen LogP contribution is -2.23. The van der Waals surface area contributed by atoms with Crippen molar-refractivity contribution in [2.24, 2.45) is 5.73 Å². The molecule has 152 valence electrons. The average molecular weight is 442 g/mol. The third-order valence-electron chi connectivity index (χ3n) is 4.48. The van der Waals surface area contributed by atoms with Gasteiger partial charge in [0.1, 0.15) is 11.5 Å². The maximum absolute atomic E-state index is 12.8. The van der Waals surface area contributed by atoms with E-state index in [9.17, 15) is 9.59 Å². The van der Waals surface area contributed by atoms with Crippen LogP contribution in [-0.4, -0.2) is 36.0 Å². The summed E-state index contributed by atoms with van der Waals surface area (Å²) in [4.78, 5) is 31.0. The van der Waals surface area contributed by atoms with E-state index in [0.717, 1.165) is 17.0 Å². The average Bonchev–Trinajstić information content (AvgIpc) is 3.36. The number of pyridine rings is 1. The number of nitrogens with zero attached hydrogens (tertiary/aromatic N) is 2. The Labute approximate surface area is 180 Å². The summed E-state index contributed by atoms with van der Waals surface area (Å²) in [5, 5.41) is 12.7. The topological polar surface area (TPSA) is 121 Å². The molecule has 3 heterocycles. The zero-order chi connectivity index (χ0) is 21.3. The zero-order valence-corrected chi connectivity index (χ0v) is 17.1. The van der Waals surface area contributed by atoms with E-state index in [2.05, 4.69) is 10.3 Å². The molecule has 4 rings (SSSR count). The van der Waals surface area contributed by atoms with Crippen molar-refractivity contribution >= 4 is 52.1 Å². The van der Waals surface area contributed by atoms with Crippen LogP contribution in [0.4, 0.5) is 11.4 Å². The van der Waals surface area contributed by atoms with Gasteiger partial charge in [0.2, 0.25) is 0 Å². The number of benzene rings is 1. The number of amides is 2. The van der Waals surface area contributed by atoms with Gasteiger partial charge in [-0.2, -0.15) is 0 Å². The highest BCUT2D eigenvalue weighted by atomic mass is 35.5. The van der Waals surface area contributed by atoms with Crippen LogP contribution in [-0.2, 0) is 4.74 Å². The van der Waals surface area contributed by atoms with Crippen molar-refractivity contribution < 1.29 is 14.3 Å². The number of hydrogen-bond donors (Lipinski definition) is 3. The quantitative estimate of drug-likeness (QED) is 0.558. The van der Waals surface area contributed by atoms with E-state index in [4.69, 9.17) is 27.5 Å². The largest absolute Gasteiger partial charge is 0.463 e. The fourth-order valence-corrected chi connectivity index (χ4v) is 4.14. The van der Waals surface area contributed by atoms with Crippen molar-refractivity contribution in [3.63, 3.8) is 0 Å². The number of hydrogen-bond acceptors (Lipinski definition) is 6. The van der Waals surface area contributed by atoms with Gasteiger partial charge in [-0.15, -0.1) is 11.3 Å². The van der Waals surface area contributed by atoms with Crippen molar-refractivity contribution in [1.29, 1.82) is 5.41 Å². The van der Waals surface area contributed by atoms with Crippen LogP contribution >= 0.6 is 22.9 Å². The molecule has 0 unspecified atom stereocenters. The summed E-state index contributed by atoms with van der Waals surface area (Å²) in [7, 11) is 0. The minimum absolute atomic E-state index is 0.0970. The summed E-state index contributed by atoms with van der Waals surface area (Å²) < 4.78 is 5.14. The van der Waals surface area contributed by atoms with Crippen LogP contribution in [0.1, 0.15) is 20.0 Å². The number of thiophene rings is 1. The Kier molecular flexibility index (Phi) is 5.39. The van der Waals surface area contributed by atoms with Crippen molar-refractivity contribution in [2.45, 2.75) is 0 Å². The number of halogens is 1. The molecule has 1 fully saturated rings. The maximum atomic E-state index is 12.8. The summed E-state index contributed by atoms with van der Waals surface area (Å²) in [6.45, 7) is 1.07. The number of carbonyl (C=O) groups excluding carboxylic acids is 2. The SMILES string of the molecule is N=C1OCCN1c1ccc(NC(=O)c2scc(-c3ccc(Cl)cn3)c2C(N)=O)cc1. The molecule has 30 heavy (non-hydrogen) atoms. The van der Waals surface area contributed by atoms with Crippen molar-refractivity contribution in [3.8, 4) is 11.3 Å². The highest BCUT2D eigenvalue weighted by Gasteiger charge is 2.24. The second-order valence-corrected chi connectivity index (χ2v) is 7.70. The van der Waals surface area contributed by atoms with Gasteiger partial charge in [-0.3, -0.25) is 24.9 Å². The van der Waals surface area contributed by atoms with E-state index < -0.39 is 11.8 Å². The van der Waals surface area contributed by atoms with E-state index >= 15 is 0 Å². The molecule has 10 heteroatoms. The molecule has 0 bridgehead atoms. The molecule has 0 aliphatic carbocycles. The van der Waals surface area contributed by atoms with Crippen LogP contribution in [0.5, 0.6) is 0 Å². The Hall–Kier alpha value is -3.43. The molecule has 8 nitrogen and oxygen atoms in total. The Morgan fingerprint density at radius 1 is 1.23 bits per heavy atom. The van der Waals surface area contributed by atoms with Gasteiger partial charge in [0.05, 0.1) is 22.8 Å². The molecule has 3 aromatic rings. The van der Waals surface area contributed by atoms with Crippen molar-refractivity contribution in [3.05, 3.63) is 63.4 Å². The number of primary amides is 1. The Morgan fingerprint density at radius 3 is 2.60 bits per heavy atom. The van der Waals surface area contributed by atoms with E-state index in [1.165, 1.54) is 6.20 Å². The number of amidine groups is 1. The number of aromatic nitrogens is 1. The lowest BCUT2D eigenvalue weighted by molar-refractivity contribution is 0.0980. The number of carbonyl (C=O) groups is 2. The number of anilines is 2. The molecule has 1 saturated heterocycles. The van der Waals surface area contributed by atoms with Gasteiger partial charge in [-0.25, -0.2) is 0 Å². The molecule has 0 atom stereocenters. The second kappa shape index (κ2) is 8.13. The number of rotatable bonds is 5. The molecule has 1 aliphatic heterocycles. The number of nitrogens with one attached hydrogen (secondary N) is 2. The maximum Gasteiger partial charge on any atom is 0.289 e. The van der Waals surface area contributed by atoms with E-state index in [1.807, 2.05) is 0 Å². The highest BCUT2D eigenvalue weighted by Crippen LogP contribution is 2.31. The van der Waals surface area contributed by atoms with Crippen LogP contribution in [0, 0.1) is 5.41 Å². The molecule has 2 amide bonds. The van der Waals surface area contributed by atoms with Gasteiger partial charge in [-0.1, -0.05) is 11.6 Å². The molecule has 2 aromatic heterocycles. The monoisotopic (exact) mass is 441 g/mol. The first-order valence-corrected chi connectivity index (χ1v) is 10.1. The first-order chi connectivity index (χ1) is 14.4. The van der Waals surface area contributed by atoms with Crippen molar-refractivity contribution in [2.75, 3.05) is 23.4 Å². The lowest BCUT2D eigenvalue weighted by atomic mass is 10.1. The third-order valence-corrected chi connectivity index (χ3v) is 5.69. The standard InChI is InChI=1S/C20H16ClN5O3S/c21-11-1-6-15(24-9-11)14-10-30-17(16(14)18(22)27)19(28)25-12-2-4-13(5-3-12)26-7-8-29-20(26)23/h1-6,9-10,23H,7-8H2,(H2,22,27)(H,25,28). The predicted octanol–water partition coefficient (Wildman–Crippen LogP) is 3.59. The zero-order valence-electron chi connectivity index (χ0n) is 15.5.